The summed E-state index contributed by atoms with van der Waals surface area (Å²) in [5.41, 5.74) is 3.18. The van der Waals surface area contributed by atoms with E-state index in [0.717, 1.165) is 25.5 Å². The highest BCUT2D eigenvalue weighted by atomic mass is 35.5. The van der Waals surface area contributed by atoms with Gasteiger partial charge in [0, 0.05) is 26.1 Å². The number of hydrazine groups is 1. The predicted octanol–water partition coefficient (Wildman–Crippen LogP) is 2.03. The van der Waals surface area contributed by atoms with E-state index < -0.39 is 36.6 Å². The molecule has 2 fully saturated rings. The molecule has 1 aromatic rings. The Hall–Kier alpha value is -2.21. The molecule has 0 amide bonds. The van der Waals surface area contributed by atoms with Crippen molar-refractivity contribution in [2.24, 2.45) is 0 Å². The van der Waals surface area contributed by atoms with Crippen LogP contribution >= 0.6 is 23.8 Å². The van der Waals surface area contributed by atoms with E-state index in [9.17, 15) is 14.0 Å². The fourth-order valence-electron chi connectivity index (χ4n) is 3.07. The van der Waals surface area contributed by atoms with Gasteiger partial charge in [0.2, 0.25) is 0 Å². The van der Waals surface area contributed by atoms with E-state index in [2.05, 4.69) is 10.7 Å². The Kier molecular flexibility index (Phi) is 8.24. The molecular weight excluding hydrogens is 453 g/mol. The molecule has 3 rings (SSSR count). The third-order valence-corrected chi connectivity index (χ3v) is 5.16. The summed E-state index contributed by atoms with van der Waals surface area (Å²) in [7, 11) is 0. The van der Waals surface area contributed by atoms with Crippen LogP contribution in [0.15, 0.2) is 12.1 Å². The van der Waals surface area contributed by atoms with Gasteiger partial charge in [0.25, 0.3) is 0 Å². The molecule has 9 nitrogen and oxygen atoms in total. The molecule has 2 aliphatic rings. The molecule has 2 atom stereocenters. The molecule has 0 aliphatic carbocycles. The Morgan fingerprint density at radius 1 is 1.32 bits per heavy atom. The molecule has 0 bridgehead atoms. The van der Waals surface area contributed by atoms with Crippen molar-refractivity contribution < 1.29 is 32.9 Å². The molecule has 0 saturated carbocycles. The molecule has 2 N–H and O–H groups in total. The Bertz CT molecular complexity index is 839. The second kappa shape index (κ2) is 10.9. The molecule has 0 spiro atoms. The quantitative estimate of drug-likeness (QED) is 0.469. The number of ether oxygens (including phenoxy) is 4. The van der Waals surface area contributed by atoms with Crippen molar-refractivity contribution in [3.05, 3.63) is 23.0 Å². The standard InChI is InChI=1S/C19H23ClFN3O6S/c1-11(25)29-16-8-27-9-17(16)30-18(26)10-28-15-7-14(13(21)6-12(15)20)23-19(31)24-5-3-2-4-22-24/h6-7,16-17,22H,2-5,8-10H2,1H3,(H,23,31). The molecule has 2 unspecified atom stereocenters. The van der Waals surface area contributed by atoms with Crippen LogP contribution in [0, 0.1) is 5.82 Å². The second-order valence-corrected chi connectivity index (χ2v) is 7.76. The van der Waals surface area contributed by atoms with E-state index in [0.29, 0.717) is 11.7 Å². The van der Waals surface area contributed by atoms with Crippen LogP contribution in [0.2, 0.25) is 5.02 Å². The predicted molar refractivity (Wildman–Crippen MR) is 113 cm³/mol. The van der Waals surface area contributed by atoms with Crippen molar-refractivity contribution in [2.75, 3.05) is 38.2 Å². The van der Waals surface area contributed by atoms with E-state index in [1.54, 1.807) is 5.01 Å². The topological polar surface area (TPSA) is 98.4 Å². The fraction of sp³-hybridized carbons (Fsp3) is 0.526. The van der Waals surface area contributed by atoms with Gasteiger partial charge in [-0.2, -0.15) is 0 Å². The lowest BCUT2D eigenvalue weighted by molar-refractivity contribution is -0.163. The molecule has 1 aromatic carbocycles. The van der Waals surface area contributed by atoms with Gasteiger partial charge in [-0.25, -0.2) is 14.6 Å². The second-order valence-electron chi connectivity index (χ2n) is 6.96. The number of nitrogens with zero attached hydrogens (tertiary/aromatic N) is 1. The molecule has 2 aliphatic heterocycles. The van der Waals surface area contributed by atoms with Gasteiger partial charge < -0.3 is 24.3 Å². The smallest absolute Gasteiger partial charge is 0.344 e. The summed E-state index contributed by atoms with van der Waals surface area (Å²) in [6, 6.07) is 2.39. The largest absolute Gasteiger partial charge is 0.480 e. The van der Waals surface area contributed by atoms with Crippen LogP contribution in [-0.2, 0) is 23.8 Å². The van der Waals surface area contributed by atoms with Crippen molar-refractivity contribution in [2.45, 2.75) is 32.0 Å². The zero-order valence-electron chi connectivity index (χ0n) is 16.8. The number of hydrogen-bond acceptors (Lipinski definition) is 8. The highest BCUT2D eigenvalue weighted by molar-refractivity contribution is 7.80. The summed E-state index contributed by atoms with van der Waals surface area (Å²) in [5.74, 6) is -1.75. The summed E-state index contributed by atoms with van der Waals surface area (Å²) in [4.78, 5) is 23.2. The van der Waals surface area contributed by atoms with E-state index in [1.165, 1.54) is 13.0 Å². The van der Waals surface area contributed by atoms with Gasteiger partial charge in [0.1, 0.15) is 11.6 Å². The minimum absolute atomic E-state index is 0.0140. The number of nitrogens with one attached hydrogen (secondary N) is 2. The van der Waals surface area contributed by atoms with E-state index in [1.807, 2.05) is 0 Å². The summed E-state index contributed by atoms with van der Waals surface area (Å²) in [6.07, 6.45) is 0.613. The Balaban J connectivity index is 1.57. The van der Waals surface area contributed by atoms with Gasteiger partial charge >= 0.3 is 11.9 Å². The van der Waals surface area contributed by atoms with Gasteiger partial charge in [-0.15, -0.1) is 0 Å². The maximum Gasteiger partial charge on any atom is 0.344 e. The number of benzene rings is 1. The molecule has 0 aromatic heterocycles. The van der Waals surface area contributed by atoms with Crippen LogP contribution in [-0.4, -0.2) is 67.2 Å². The molecule has 2 heterocycles. The average Bonchev–Trinajstić information content (AvgIpc) is 3.15. The Morgan fingerprint density at radius 3 is 2.74 bits per heavy atom. The van der Waals surface area contributed by atoms with Gasteiger partial charge in [-0.3, -0.25) is 9.80 Å². The van der Waals surface area contributed by atoms with Crippen molar-refractivity contribution in [3.63, 3.8) is 0 Å². The lowest BCUT2D eigenvalue weighted by atomic mass is 10.2. The lowest BCUT2D eigenvalue weighted by Crippen LogP contribution is -2.48. The first-order valence-electron chi connectivity index (χ1n) is 9.72. The van der Waals surface area contributed by atoms with Crippen LogP contribution in [0.5, 0.6) is 5.75 Å². The van der Waals surface area contributed by atoms with Crippen molar-refractivity contribution in [1.29, 1.82) is 0 Å². The summed E-state index contributed by atoms with van der Waals surface area (Å²) >= 11 is 11.4. The zero-order valence-corrected chi connectivity index (χ0v) is 18.4. The van der Waals surface area contributed by atoms with E-state index in [-0.39, 0.29) is 29.7 Å². The Labute approximate surface area is 189 Å². The maximum atomic E-state index is 14.3. The third kappa shape index (κ3) is 6.63. The lowest BCUT2D eigenvalue weighted by Gasteiger charge is -2.30. The number of halogens is 2. The van der Waals surface area contributed by atoms with Crippen LogP contribution < -0.4 is 15.5 Å². The SMILES string of the molecule is CC(=O)OC1COCC1OC(=O)COc1cc(NC(=S)N2CCCCN2)c(F)cc1Cl. The van der Waals surface area contributed by atoms with Crippen LogP contribution in [0.25, 0.3) is 0 Å². The Morgan fingerprint density at radius 2 is 2.06 bits per heavy atom. The number of carbonyl (C=O) groups excluding carboxylic acids is 2. The molecule has 170 valence electrons. The first kappa shape index (κ1) is 23.5. The monoisotopic (exact) mass is 475 g/mol. The number of carbonyl (C=O) groups is 2. The highest BCUT2D eigenvalue weighted by Gasteiger charge is 2.34. The van der Waals surface area contributed by atoms with Crippen LogP contribution in [0.1, 0.15) is 19.8 Å². The summed E-state index contributed by atoms with van der Waals surface area (Å²) in [5, 5.41) is 4.84. The molecule has 0 radical (unpaired) electrons. The van der Waals surface area contributed by atoms with Crippen LogP contribution in [0.3, 0.4) is 0 Å². The summed E-state index contributed by atoms with van der Waals surface area (Å²) in [6.45, 7) is 2.52. The van der Waals surface area contributed by atoms with Gasteiger partial charge in [0.05, 0.1) is 23.9 Å². The van der Waals surface area contributed by atoms with E-state index in [4.69, 9.17) is 42.8 Å². The van der Waals surface area contributed by atoms with Crippen molar-refractivity contribution in [3.8, 4) is 5.75 Å². The van der Waals surface area contributed by atoms with Gasteiger partial charge in [-0.05, 0) is 31.1 Å². The summed E-state index contributed by atoms with van der Waals surface area (Å²) < 4.78 is 35.2. The van der Waals surface area contributed by atoms with Crippen LogP contribution in [0.4, 0.5) is 10.1 Å². The van der Waals surface area contributed by atoms with E-state index >= 15 is 0 Å². The highest BCUT2D eigenvalue weighted by Crippen LogP contribution is 2.31. The number of thiocarbonyl (C=S) groups is 1. The van der Waals surface area contributed by atoms with Gasteiger partial charge in [-0.1, -0.05) is 11.6 Å². The maximum absolute atomic E-state index is 14.3. The van der Waals surface area contributed by atoms with Crippen molar-refractivity contribution >= 4 is 46.6 Å². The van der Waals surface area contributed by atoms with Gasteiger partial charge in [0.15, 0.2) is 23.9 Å². The molecular formula is C19H23ClFN3O6S. The average molecular weight is 476 g/mol. The third-order valence-electron chi connectivity index (χ3n) is 4.54. The minimum atomic E-state index is -0.727. The first-order valence-corrected chi connectivity index (χ1v) is 10.5. The number of hydrogen-bond donors (Lipinski definition) is 2. The minimum Gasteiger partial charge on any atom is -0.480 e. The first-order chi connectivity index (χ1) is 14.8. The molecule has 12 heteroatoms. The normalized spacial score (nSPS) is 20.8. The fourth-order valence-corrected chi connectivity index (χ4v) is 3.54. The molecule has 2 saturated heterocycles. The molecule has 31 heavy (non-hydrogen) atoms. The van der Waals surface area contributed by atoms with Crippen molar-refractivity contribution in [1.82, 2.24) is 10.4 Å². The number of anilines is 1. The zero-order chi connectivity index (χ0) is 22.4. The number of rotatable bonds is 6. The number of esters is 2.